The number of ketones is 1. The summed E-state index contributed by atoms with van der Waals surface area (Å²) in [6.45, 7) is 1.44. The summed E-state index contributed by atoms with van der Waals surface area (Å²) in [5.74, 6) is 0.184. The average molecular weight is 130 g/mol. The lowest BCUT2D eigenvalue weighted by molar-refractivity contribution is -0.118. The van der Waals surface area contributed by atoms with E-state index in [0.717, 1.165) is 12.8 Å². The monoisotopic (exact) mass is 130 g/mol. The molecule has 0 N–H and O–H groups in total. The van der Waals surface area contributed by atoms with Gasteiger partial charge < -0.3 is 0 Å². The highest BCUT2D eigenvalue weighted by Crippen LogP contribution is 2.35. The molecule has 0 aliphatic heterocycles. The van der Waals surface area contributed by atoms with Crippen molar-refractivity contribution in [2.45, 2.75) is 32.4 Å². The Morgan fingerprint density at radius 2 is 2.33 bits per heavy atom. The summed E-state index contributed by atoms with van der Waals surface area (Å²) < 4.78 is 12.6. The fourth-order valence-electron chi connectivity index (χ4n) is 0.899. The van der Waals surface area contributed by atoms with Gasteiger partial charge in [-0.1, -0.05) is 0 Å². The van der Waals surface area contributed by atoms with E-state index in [-0.39, 0.29) is 18.1 Å². The fourth-order valence-corrected chi connectivity index (χ4v) is 0.899. The second-order valence-corrected chi connectivity index (χ2v) is 2.76. The minimum atomic E-state index is -0.845. The quantitative estimate of drug-likeness (QED) is 0.568. The zero-order valence-electron chi connectivity index (χ0n) is 5.56. The Labute approximate surface area is 54.3 Å². The largest absolute Gasteiger partial charge is 0.300 e. The van der Waals surface area contributed by atoms with Crippen molar-refractivity contribution < 1.29 is 9.18 Å². The molecule has 1 saturated carbocycles. The summed E-state index contributed by atoms with van der Waals surface area (Å²) in [7, 11) is 0. The molecule has 0 radical (unpaired) electrons. The van der Waals surface area contributed by atoms with Crippen molar-refractivity contribution in [3.05, 3.63) is 0 Å². The summed E-state index contributed by atoms with van der Waals surface area (Å²) in [6.07, 6.45) is 1.25. The molecular formula is C7H11FO. The van der Waals surface area contributed by atoms with Gasteiger partial charge in [0.15, 0.2) is 0 Å². The van der Waals surface area contributed by atoms with E-state index in [2.05, 4.69) is 0 Å². The van der Waals surface area contributed by atoms with Crippen molar-refractivity contribution in [1.82, 2.24) is 0 Å². The molecule has 0 aromatic rings. The van der Waals surface area contributed by atoms with Crippen LogP contribution in [-0.4, -0.2) is 12.0 Å². The molecule has 9 heavy (non-hydrogen) atoms. The van der Waals surface area contributed by atoms with Crippen LogP contribution in [-0.2, 0) is 4.79 Å². The van der Waals surface area contributed by atoms with Gasteiger partial charge in [-0.3, -0.25) is 4.79 Å². The van der Waals surface area contributed by atoms with Gasteiger partial charge in [0.1, 0.15) is 12.0 Å². The van der Waals surface area contributed by atoms with Crippen molar-refractivity contribution >= 4 is 5.78 Å². The van der Waals surface area contributed by atoms with Crippen molar-refractivity contribution in [2.75, 3.05) is 0 Å². The van der Waals surface area contributed by atoms with Crippen molar-refractivity contribution in [2.24, 2.45) is 5.92 Å². The van der Waals surface area contributed by atoms with Crippen LogP contribution >= 0.6 is 0 Å². The number of halogens is 1. The van der Waals surface area contributed by atoms with Gasteiger partial charge in [-0.15, -0.1) is 0 Å². The van der Waals surface area contributed by atoms with E-state index >= 15 is 0 Å². The Hall–Kier alpha value is -0.400. The first-order chi connectivity index (χ1) is 4.20. The predicted octanol–water partition coefficient (Wildman–Crippen LogP) is 1.71. The lowest BCUT2D eigenvalue weighted by Crippen LogP contribution is -2.07. The van der Waals surface area contributed by atoms with Gasteiger partial charge in [-0.2, -0.15) is 0 Å². The summed E-state index contributed by atoms with van der Waals surface area (Å²) in [6, 6.07) is 0. The molecule has 1 aliphatic carbocycles. The van der Waals surface area contributed by atoms with Gasteiger partial charge >= 0.3 is 0 Å². The van der Waals surface area contributed by atoms with Crippen LogP contribution in [0.3, 0.4) is 0 Å². The van der Waals surface area contributed by atoms with Crippen molar-refractivity contribution in [1.29, 1.82) is 0 Å². The lowest BCUT2D eigenvalue weighted by Gasteiger charge is -2.00. The summed E-state index contributed by atoms with van der Waals surface area (Å²) in [5.41, 5.74) is 0. The topological polar surface area (TPSA) is 17.1 Å². The molecule has 1 rings (SSSR count). The number of carbonyl (C=O) groups excluding carboxylic acids is 1. The molecule has 0 heterocycles. The molecule has 1 unspecified atom stereocenters. The molecule has 0 aromatic carbocycles. The maximum atomic E-state index is 12.6. The first-order valence-corrected chi connectivity index (χ1v) is 3.33. The number of carbonyl (C=O) groups is 1. The highest BCUT2D eigenvalue weighted by molar-refractivity contribution is 5.76. The minimum absolute atomic E-state index is 0.0330. The third kappa shape index (κ3) is 2.12. The first-order valence-electron chi connectivity index (χ1n) is 3.33. The van der Waals surface area contributed by atoms with Crippen LogP contribution < -0.4 is 0 Å². The number of alkyl halides is 1. The van der Waals surface area contributed by atoms with Crippen molar-refractivity contribution in [3.63, 3.8) is 0 Å². The van der Waals surface area contributed by atoms with E-state index < -0.39 is 6.17 Å². The molecule has 0 aromatic heterocycles. The Kier molecular flexibility index (Phi) is 1.84. The van der Waals surface area contributed by atoms with Crippen LogP contribution in [0, 0.1) is 5.92 Å². The van der Waals surface area contributed by atoms with Crippen LogP contribution in [0.15, 0.2) is 0 Å². The van der Waals surface area contributed by atoms with Crippen LogP contribution in [0.25, 0.3) is 0 Å². The highest BCUT2D eigenvalue weighted by Gasteiger charge is 2.31. The Morgan fingerprint density at radius 1 is 1.78 bits per heavy atom. The van der Waals surface area contributed by atoms with Crippen LogP contribution in [0.5, 0.6) is 0 Å². The fraction of sp³-hybridized carbons (Fsp3) is 0.857. The Morgan fingerprint density at radius 3 is 2.67 bits per heavy atom. The maximum absolute atomic E-state index is 12.6. The smallest absolute Gasteiger partial charge is 0.132 e. The van der Waals surface area contributed by atoms with Crippen LogP contribution in [0.2, 0.25) is 0 Å². The summed E-state index contributed by atoms with van der Waals surface area (Å²) in [5, 5.41) is 0. The molecule has 1 fully saturated rings. The standard InChI is InChI=1S/C7H11FO/c1-5(9)4-7(8)6-2-3-6/h6-7H,2-4H2,1H3. The van der Waals surface area contributed by atoms with Gasteiger partial charge in [-0.25, -0.2) is 4.39 Å². The first kappa shape index (κ1) is 6.72. The van der Waals surface area contributed by atoms with E-state index in [0.29, 0.717) is 0 Å². The zero-order valence-corrected chi connectivity index (χ0v) is 5.56. The molecule has 0 spiro atoms. The van der Waals surface area contributed by atoms with E-state index in [1.54, 1.807) is 0 Å². The SMILES string of the molecule is CC(=O)CC(F)C1CC1. The van der Waals surface area contributed by atoms with Gasteiger partial charge in [0.05, 0.1) is 0 Å². The highest BCUT2D eigenvalue weighted by atomic mass is 19.1. The molecule has 52 valence electrons. The number of hydrogen-bond acceptors (Lipinski definition) is 1. The average Bonchev–Trinajstić information content (AvgIpc) is 2.40. The van der Waals surface area contributed by atoms with Crippen LogP contribution in [0.4, 0.5) is 4.39 Å². The summed E-state index contributed by atoms with van der Waals surface area (Å²) in [4.78, 5) is 10.3. The molecule has 2 heteroatoms. The molecular weight excluding hydrogens is 119 g/mol. The zero-order chi connectivity index (χ0) is 6.85. The van der Waals surface area contributed by atoms with Gasteiger partial charge in [-0.05, 0) is 25.7 Å². The molecule has 1 aliphatic rings. The Balaban J connectivity index is 2.17. The molecule has 1 atom stereocenters. The molecule has 0 bridgehead atoms. The molecule has 0 amide bonds. The Bertz CT molecular complexity index is 118. The third-order valence-corrected chi connectivity index (χ3v) is 1.62. The van der Waals surface area contributed by atoms with Crippen molar-refractivity contribution in [3.8, 4) is 0 Å². The lowest BCUT2D eigenvalue weighted by atomic mass is 10.1. The minimum Gasteiger partial charge on any atom is -0.300 e. The van der Waals surface area contributed by atoms with E-state index in [1.807, 2.05) is 0 Å². The van der Waals surface area contributed by atoms with Gasteiger partial charge in [0.2, 0.25) is 0 Å². The van der Waals surface area contributed by atoms with Crippen LogP contribution in [0.1, 0.15) is 26.2 Å². The normalized spacial score (nSPS) is 21.6. The third-order valence-electron chi connectivity index (χ3n) is 1.62. The number of Topliss-reactive ketones (excluding diaryl/α,β-unsaturated/α-hetero) is 1. The molecule has 0 saturated heterocycles. The van der Waals surface area contributed by atoms with Gasteiger partial charge in [0.25, 0.3) is 0 Å². The van der Waals surface area contributed by atoms with Gasteiger partial charge in [0, 0.05) is 6.42 Å². The summed E-state index contributed by atoms with van der Waals surface area (Å²) >= 11 is 0. The molecule has 1 nitrogen and oxygen atoms in total. The van der Waals surface area contributed by atoms with E-state index in [1.165, 1.54) is 6.92 Å². The second-order valence-electron chi connectivity index (χ2n) is 2.76. The van der Waals surface area contributed by atoms with E-state index in [9.17, 15) is 9.18 Å². The van der Waals surface area contributed by atoms with E-state index in [4.69, 9.17) is 0 Å². The maximum Gasteiger partial charge on any atom is 0.132 e. The second kappa shape index (κ2) is 2.46. The number of rotatable bonds is 3. The predicted molar refractivity (Wildman–Crippen MR) is 32.9 cm³/mol. The number of hydrogen-bond donors (Lipinski definition) is 0.